The first kappa shape index (κ1) is 22.5. The first-order valence-corrected chi connectivity index (χ1v) is 10.9. The fraction of sp³-hybridized carbons (Fsp3) is 0.259. The monoisotopic (exact) mass is 471 g/mol. The molecule has 5 rings (SSSR count). The van der Waals surface area contributed by atoms with Crippen molar-refractivity contribution in [3.05, 3.63) is 58.2 Å². The number of fused-ring (bicyclic) bond motifs is 7. The number of anilines is 1. The van der Waals surface area contributed by atoms with Gasteiger partial charge in [0, 0.05) is 17.4 Å². The minimum atomic E-state index is -1.27. The molecule has 176 valence electrons. The van der Waals surface area contributed by atoms with Gasteiger partial charge in [-0.1, -0.05) is 23.7 Å². The summed E-state index contributed by atoms with van der Waals surface area (Å²) >= 11 is 0. The smallest absolute Gasteiger partial charge is 0.200 e. The molecule has 2 aromatic rings. The van der Waals surface area contributed by atoms with Crippen molar-refractivity contribution in [1.29, 1.82) is 0 Å². The van der Waals surface area contributed by atoms with Crippen LogP contribution in [0.15, 0.2) is 30.4 Å². The Morgan fingerprint density at radius 1 is 1.03 bits per heavy atom. The van der Waals surface area contributed by atoms with Gasteiger partial charge in [-0.05, 0) is 42.8 Å². The van der Waals surface area contributed by atoms with Gasteiger partial charge < -0.3 is 30.5 Å². The molecule has 5 atom stereocenters. The summed E-state index contributed by atoms with van der Waals surface area (Å²) in [5, 5.41) is 46.4. The van der Waals surface area contributed by atoms with Crippen molar-refractivity contribution in [3.63, 3.8) is 0 Å². The summed E-state index contributed by atoms with van der Waals surface area (Å²) in [7, 11) is 1.32. The molecular weight excluding hydrogens is 450 g/mol. The molecule has 1 heterocycles. The molecular formula is C27H21NO7. The molecule has 8 nitrogen and oxygen atoms in total. The first-order chi connectivity index (χ1) is 16.8. The number of aromatic hydroxyl groups is 2. The summed E-state index contributed by atoms with van der Waals surface area (Å²) in [5.41, 5.74) is -0.162. The van der Waals surface area contributed by atoms with Crippen LogP contribution in [0.25, 0.3) is 0 Å². The van der Waals surface area contributed by atoms with Crippen molar-refractivity contribution >= 4 is 17.3 Å². The van der Waals surface area contributed by atoms with Gasteiger partial charge in [0.15, 0.2) is 17.3 Å². The van der Waals surface area contributed by atoms with Crippen molar-refractivity contribution in [1.82, 2.24) is 0 Å². The molecule has 0 amide bonds. The fourth-order valence-electron chi connectivity index (χ4n) is 5.18. The highest BCUT2D eigenvalue weighted by molar-refractivity contribution is 6.32. The lowest BCUT2D eigenvalue weighted by Crippen LogP contribution is -2.47. The van der Waals surface area contributed by atoms with E-state index in [0.717, 1.165) is 0 Å². The van der Waals surface area contributed by atoms with Gasteiger partial charge in [0.05, 0.1) is 41.6 Å². The molecule has 2 unspecified atom stereocenters. The Morgan fingerprint density at radius 3 is 2.43 bits per heavy atom. The third-order valence-electron chi connectivity index (χ3n) is 6.70. The van der Waals surface area contributed by atoms with Gasteiger partial charge in [0.1, 0.15) is 11.9 Å². The summed E-state index contributed by atoms with van der Waals surface area (Å²) in [4.78, 5) is 27.1. The summed E-state index contributed by atoms with van der Waals surface area (Å²) < 4.78 is 5.11. The molecule has 0 saturated heterocycles. The van der Waals surface area contributed by atoms with E-state index in [1.807, 2.05) is 0 Å². The highest BCUT2D eigenvalue weighted by Gasteiger charge is 2.47. The Balaban J connectivity index is 1.82. The number of aliphatic hydroxyl groups excluding tert-OH is 2. The standard InChI is InChI=1S/C27H21NO7/c1-12(29)19-15-7-5-3-4-6-8-16(30)20(19)14-11-17(31)22-23(24(14)28-15)27(34)21-13(25(22)32)9-10-18(35-2)26(21)33/h3-4,9-12,15-16,19-20,28-31,33H,1-2H3/b4-3-/t12-,15+,16-,19?,20?/m1/s1. The second-order valence-corrected chi connectivity index (χ2v) is 8.63. The van der Waals surface area contributed by atoms with E-state index >= 15 is 0 Å². The maximum absolute atomic E-state index is 13.8. The van der Waals surface area contributed by atoms with E-state index in [1.165, 1.54) is 37.5 Å². The van der Waals surface area contributed by atoms with Crippen LogP contribution in [0.2, 0.25) is 0 Å². The van der Waals surface area contributed by atoms with E-state index in [4.69, 9.17) is 4.74 Å². The Morgan fingerprint density at radius 2 is 1.74 bits per heavy atom. The first-order valence-electron chi connectivity index (χ1n) is 10.9. The van der Waals surface area contributed by atoms with Crippen molar-refractivity contribution < 1.29 is 34.8 Å². The molecule has 35 heavy (non-hydrogen) atoms. The van der Waals surface area contributed by atoms with Crippen LogP contribution >= 0.6 is 0 Å². The Kier molecular flexibility index (Phi) is 5.29. The number of phenolic OH excluding ortho intramolecular Hbond substituents is 2. The minimum absolute atomic E-state index is 0.0192. The van der Waals surface area contributed by atoms with Crippen LogP contribution in [-0.4, -0.2) is 57.4 Å². The molecule has 0 radical (unpaired) electrons. The van der Waals surface area contributed by atoms with Gasteiger partial charge in [0.25, 0.3) is 0 Å². The van der Waals surface area contributed by atoms with Crippen molar-refractivity contribution in [2.45, 2.75) is 31.1 Å². The van der Waals surface area contributed by atoms with E-state index in [1.54, 1.807) is 6.92 Å². The summed E-state index contributed by atoms with van der Waals surface area (Å²) in [6, 6.07) is 3.33. The Labute approximate surface area is 200 Å². The number of carbonyl (C=O) groups excluding carboxylic acids is 2. The van der Waals surface area contributed by atoms with Crippen LogP contribution in [-0.2, 0) is 0 Å². The number of phenols is 2. The van der Waals surface area contributed by atoms with Crippen molar-refractivity contribution in [3.8, 4) is 40.9 Å². The number of aliphatic hydroxyl groups is 2. The molecule has 3 aliphatic rings. The molecule has 1 aliphatic heterocycles. The molecule has 2 aliphatic carbocycles. The highest BCUT2D eigenvalue weighted by Crippen LogP contribution is 2.50. The molecule has 8 heteroatoms. The molecule has 2 bridgehead atoms. The lowest BCUT2D eigenvalue weighted by atomic mass is 9.69. The largest absolute Gasteiger partial charge is 0.507 e. The van der Waals surface area contributed by atoms with Crippen LogP contribution in [0, 0.1) is 29.6 Å². The quantitative estimate of drug-likeness (QED) is 0.281. The van der Waals surface area contributed by atoms with E-state index in [2.05, 4.69) is 29.0 Å². The molecule has 0 spiro atoms. The lowest BCUT2D eigenvalue weighted by Gasteiger charge is -2.42. The Hall–Kier alpha value is -4.24. The maximum atomic E-state index is 13.8. The number of carbonyl (C=O) groups is 2. The number of nitrogens with one attached hydrogen (secondary N) is 1. The maximum Gasteiger partial charge on any atom is 0.200 e. The minimum Gasteiger partial charge on any atom is -0.507 e. The number of benzene rings is 2. The van der Waals surface area contributed by atoms with E-state index < -0.39 is 53.2 Å². The predicted molar refractivity (Wildman–Crippen MR) is 126 cm³/mol. The predicted octanol–water partition coefficient (Wildman–Crippen LogP) is 1.69. The second kappa shape index (κ2) is 8.21. The van der Waals surface area contributed by atoms with Gasteiger partial charge >= 0.3 is 0 Å². The van der Waals surface area contributed by atoms with E-state index in [0.29, 0.717) is 5.56 Å². The molecule has 0 saturated carbocycles. The number of methoxy groups -OCH3 is 1. The second-order valence-electron chi connectivity index (χ2n) is 8.63. The number of ketones is 2. The highest BCUT2D eigenvalue weighted by atomic mass is 16.5. The summed E-state index contributed by atoms with van der Waals surface area (Å²) in [5.74, 6) is 7.51. The number of ether oxygens (including phenoxy) is 1. The van der Waals surface area contributed by atoms with Crippen molar-refractivity contribution in [2.24, 2.45) is 5.92 Å². The van der Waals surface area contributed by atoms with Gasteiger partial charge in [-0.2, -0.15) is 0 Å². The molecule has 2 aromatic carbocycles. The van der Waals surface area contributed by atoms with Gasteiger partial charge in [-0.3, -0.25) is 9.59 Å². The molecule has 0 fully saturated rings. The third-order valence-corrected chi connectivity index (χ3v) is 6.70. The Bertz CT molecular complexity index is 1450. The summed E-state index contributed by atoms with van der Waals surface area (Å²) in [6.45, 7) is 1.56. The van der Waals surface area contributed by atoms with Gasteiger partial charge in [0.2, 0.25) is 5.78 Å². The fourth-order valence-corrected chi connectivity index (χ4v) is 5.18. The third kappa shape index (κ3) is 3.27. The van der Waals surface area contributed by atoms with Crippen LogP contribution < -0.4 is 10.1 Å². The van der Waals surface area contributed by atoms with Gasteiger partial charge in [-0.15, -0.1) is 0 Å². The topological polar surface area (TPSA) is 136 Å². The number of hydrogen-bond donors (Lipinski definition) is 5. The van der Waals surface area contributed by atoms with Crippen molar-refractivity contribution in [2.75, 3.05) is 12.4 Å². The average Bonchev–Trinajstić information content (AvgIpc) is 2.82. The normalized spacial score (nSPS) is 25.3. The zero-order valence-electron chi connectivity index (χ0n) is 18.8. The van der Waals surface area contributed by atoms with E-state index in [-0.39, 0.29) is 33.7 Å². The summed E-state index contributed by atoms with van der Waals surface area (Å²) in [6.07, 6.45) is 0.798. The number of hydrogen-bond acceptors (Lipinski definition) is 8. The lowest BCUT2D eigenvalue weighted by molar-refractivity contribution is 0.0646. The zero-order valence-corrected chi connectivity index (χ0v) is 18.8. The number of allylic oxidation sites excluding steroid dienone is 2. The molecule has 0 aromatic heterocycles. The van der Waals surface area contributed by atoms with Crippen LogP contribution in [0.3, 0.4) is 0 Å². The van der Waals surface area contributed by atoms with Crippen LogP contribution in [0.1, 0.15) is 50.2 Å². The van der Waals surface area contributed by atoms with E-state index in [9.17, 15) is 30.0 Å². The SMILES string of the molecule is COc1ccc2c(c1O)C(=O)c1c3c(cc(O)c1C2=O)C1C([C@@H](C)O)[C@H](C#C/C=C\C#C[C@H]1O)N3. The molecule has 5 N–H and O–H groups in total. The zero-order chi connectivity index (χ0) is 25.0. The van der Waals surface area contributed by atoms with Gasteiger partial charge in [-0.25, -0.2) is 0 Å². The number of rotatable bonds is 2. The van der Waals surface area contributed by atoms with Crippen LogP contribution in [0.4, 0.5) is 5.69 Å². The van der Waals surface area contributed by atoms with Crippen LogP contribution in [0.5, 0.6) is 17.2 Å². The average molecular weight is 471 g/mol.